The van der Waals surface area contributed by atoms with Crippen LogP contribution in [0.5, 0.6) is 11.5 Å². The van der Waals surface area contributed by atoms with Gasteiger partial charge in [-0.2, -0.15) is 0 Å². The molecule has 0 atom stereocenters. The number of phenolic OH excluding ortho intramolecular Hbond substituents is 2. The molecule has 5 heteroatoms. The van der Waals surface area contributed by atoms with Gasteiger partial charge >= 0.3 is 0 Å². The second kappa shape index (κ2) is 8.65. The van der Waals surface area contributed by atoms with Crippen LogP contribution < -0.4 is 0 Å². The number of carbonyl (C=O) groups excluding carboxylic acids is 1. The average Bonchev–Trinajstić information content (AvgIpc) is 2.67. The summed E-state index contributed by atoms with van der Waals surface area (Å²) in [6.45, 7) is 7.32. The Morgan fingerprint density at radius 3 is 2.29 bits per heavy atom. The highest BCUT2D eigenvalue weighted by atomic mass is 16.3. The summed E-state index contributed by atoms with van der Waals surface area (Å²) in [5.74, 6) is 0.485. The molecule has 28 heavy (non-hydrogen) atoms. The summed E-state index contributed by atoms with van der Waals surface area (Å²) < 4.78 is 0. The van der Waals surface area contributed by atoms with E-state index in [1.807, 2.05) is 49.1 Å². The molecule has 0 radical (unpaired) electrons. The van der Waals surface area contributed by atoms with Crippen molar-refractivity contribution in [2.75, 3.05) is 33.2 Å². The fraction of sp³-hybridized carbons (Fsp3) is 0.435. The number of aromatic hydroxyl groups is 2. The topological polar surface area (TPSA) is 64.0 Å². The second-order valence-electron chi connectivity index (χ2n) is 7.95. The zero-order chi connectivity index (χ0) is 20.3. The van der Waals surface area contributed by atoms with Crippen molar-refractivity contribution in [2.45, 2.75) is 32.6 Å². The number of piperazine rings is 1. The van der Waals surface area contributed by atoms with Gasteiger partial charge in [-0.05, 0) is 54.6 Å². The molecule has 0 saturated carbocycles. The number of hydrogen-bond donors (Lipinski definition) is 2. The lowest BCUT2D eigenvalue weighted by atomic mass is 9.94. The Kier molecular flexibility index (Phi) is 6.25. The molecule has 1 amide bonds. The van der Waals surface area contributed by atoms with Gasteiger partial charge < -0.3 is 20.0 Å². The van der Waals surface area contributed by atoms with E-state index in [-0.39, 0.29) is 23.3 Å². The van der Waals surface area contributed by atoms with Crippen LogP contribution in [-0.2, 0) is 12.8 Å². The Morgan fingerprint density at radius 1 is 0.964 bits per heavy atom. The highest BCUT2D eigenvalue weighted by Gasteiger charge is 2.22. The van der Waals surface area contributed by atoms with Crippen LogP contribution >= 0.6 is 0 Å². The van der Waals surface area contributed by atoms with Crippen LogP contribution in [0.2, 0.25) is 0 Å². The van der Waals surface area contributed by atoms with Crippen molar-refractivity contribution in [1.82, 2.24) is 9.80 Å². The van der Waals surface area contributed by atoms with Gasteiger partial charge in [0.05, 0.1) is 0 Å². The Bertz CT molecular complexity index is 840. The summed E-state index contributed by atoms with van der Waals surface area (Å²) in [5.41, 5.74) is 3.36. The van der Waals surface area contributed by atoms with E-state index in [0.29, 0.717) is 12.8 Å². The number of phenols is 2. The molecule has 1 aliphatic rings. The maximum absolute atomic E-state index is 13.0. The van der Waals surface area contributed by atoms with Gasteiger partial charge in [0.25, 0.3) is 5.91 Å². The Balaban J connectivity index is 1.77. The molecule has 2 aromatic rings. The van der Waals surface area contributed by atoms with E-state index in [4.69, 9.17) is 0 Å². The van der Waals surface area contributed by atoms with Crippen LogP contribution in [0.15, 0.2) is 36.4 Å². The highest BCUT2D eigenvalue weighted by Crippen LogP contribution is 2.33. The molecule has 0 bridgehead atoms. The van der Waals surface area contributed by atoms with E-state index in [1.54, 1.807) is 0 Å². The van der Waals surface area contributed by atoms with Gasteiger partial charge in [-0.15, -0.1) is 0 Å². The molecule has 0 aliphatic carbocycles. The molecule has 1 fully saturated rings. The van der Waals surface area contributed by atoms with Gasteiger partial charge in [-0.25, -0.2) is 0 Å². The minimum absolute atomic E-state index is 0.0847. The predicted molar refractivity (Wildman–Crippen MR) is 111 cm³/mol. The molecule has 1 saturated heterocycles. The van der Waals surface area contributed by atoms with E-state index in [2.05, 4.69) is 11.9 Å². The van der Waals surface area contributed by atoms with Gasteiger partial charge in [0, 0.05) is 37.8 Å². The number of aryl methyl sites for hydroxylation is 2. The third-order valence-electron chi connectivity index (χ3n) is 5.55. The first kappa shape index (κ1) is 20.2. The maximum atomic E-state index is 13.0. The van der Waals surface area contributed by atoms with Gasteiger partial charge in [0.2, 0.25) is 0 Å². The van der Waals surface area contributed by atoms with Crippen LogP contribution in [0, 0.1) is 0 Å². The zero-order valence-electron chi connectivity index (χ0n) is 17.0. The normalized spacial score (nSPS) is 15.2. The van der Waals surface area contributed by atoms with E-state index in [0.717, 1.165) is 48.4 Å². The maximum Gasteiger partial charge on any atom is 0.254 e. The Hall–Kier alpha value is -2.53. The zero-order valence-corrected chi connectivity index (χ0v) is 17.0. The average molecular weight is 383 g/mol. The van der Waals surface area contributed by atoms with Crippen molar-refractivity contribution in [1.29, 1.82) is 0 Å². The van der Waals surface area contributed by atoms with Gasteiger partial charge in [0.1, 0.15) is 11.5 Å². The quantitative estimate of drug-likeness (QED) is 0.832. The molecule has 3 rings (SSSR count). The number of amides is 1. The molecule has 0 aromatic heterocycles. The van der Waals surface area contributed by atoms with E-state index >= 15 is 0 Å². The summed E-state index contributed by atoms with van der Waals surface area (Å²) >= 11 is 0. The fourth-order valence-corrected chi connectivity index (χ4v) is 3.70. The third-order valence-corrected chi connectivity index (χ3v) is 5.55. The second-order valence-corrected chi connectivity index (χ2v) is 7.95. The number of benzene rings is 2. The number of likely N-dealkylation sites (N-methyl/N-ethyl adjacent to an activating group) is 1. The van der Waals surface area contributed by atoms with Crippen LogP contribution in [0.4, 0.5) is 0 Å². The minimum Gasteiger partial charge on any atom is -0.508 e. The molecule has 5 nitrogen and oxygen atoms in total. The fourth-order valence-electron chi connectivity index (χ4n) is 3.70. The Morgan fingerprint density at radius 2 is 1.61 bits per heavy atom. The lowest BCUT2D eigenvalue weighted by Gasteiger charge is -2.32. The molecule has 0 spiro atoms. The molecular weight excluding hydrogens is 352 g/mol. The standard InChI is InChI=1S/C23H30N2O3/c1-16(2)20-14-18(21(26)15-22(20)27)9-8-17-6-4-5-7-19(17)23(28)25-12-10-24(3)11-13-25/h4-7,14-16,26-27H,8-13H2,1-3H3. The Labute approximate surface area is 167 Å². The monoisotopic (exact) mass is 382 g/mol. The van der Waals surface area contributed by atoms with Gasteiger partial charge in [-0.3, -0.25) is 4.79 Å². The molecule has 1 aliphatic heterocycles. The highest BCUT2D eigenvalue weighted by molar-refractivity contribution is 5.95. The van der Waals surface area contributed by atoms with Crippen molar-refractivity contribution >= 4 is 5.91 Å². The van der Waals surface area contributed by atoms with E-state index in [1.165, 1.54) is 6.07 Å². The predicted octanol–water partition coefficient (Wildman–Crippen LogP) is 3.39. The van der Waals surface area contributed by atoms with Gasteiger partial charge in [0.15, 0.2) is 0 Å². The van der Waals surface area contributed by atoms with Gasteiger partial charge in [-0.1, -0.05) is 32.0 Å². The summed E-state index contributed by atoms with van der Waals surface area (Å²) in [7, 11) is 2.07. The number of rotatable bonds is 5. The first-order valence-corrected chi connectivity index (χ1v) is 9.97. The SMILES string of the molecule is CC(C)c1cc(CCc2ccccc2C(=O)N2CCN(C)CC2)c(O)cc1O. The van der Waals surface area contributed by atoms with Crippen LogP contribution in [-0.4, -0.2) is 59.1 Å². The molecule has 0 unspecified atom stereocenters. The number of nitrogens with zero attached hydrogens (tertiary/aromatic N) is 2. The first-order chi connectivity index (χ1) is 13.4. The molecule has 2 N–H and O–H groups in total. The number of hydrogen-bond acceptors (Lipinski definition) is 4. The summed E-state index contributed by atoms with van der Waals surface area (Å²) in [4.78, 5) is 17.2. The molecule has 1 heterocycles. The van der Waals surface area contributed by atoms with Crippen LogP contribution in [0.3, 0.4) is 0 Å². The van der Waals surface area contributed by atoms with Crippen molar-refractivity contribution in [3.8, 4) is 11.5 Å². The third kappa shape index (κ3) is 4.47. The van der Waals surface area contributed by atoms with Crippen molar-refractivity contribution in [3.63, 3.8) is 0 Å². The summed E-state index contributed by atoms with van der Waals surface area (Å²) in [5, 5.41) is 20.3. The lowest BCUT2D eigenvalue weighted by molar-refractivity contribution is 0.0663. The molecule has 150 valence electrons. The molecular formula is C23H30N2O3. The molecule has 2 aromatic carbocycles. The van der Waals surface area contributed by atoms with Crippen molar-refractivity contribution in [3.05, 3.63) is 58.7 Å². The summed E-state index contributed by atoms with van der Waals surface area (Å²) in [6.07, 6.45) is 1.27. The minimum atomic E-state index is 0.0847. The first-order valence-electron chi connectivity index (χ1n) is 9.97. The largest absolute Gasteiger partial charge is 0.508 e. The van der Waals surface area contributed by atoms with Crippen molar-refractivity contribution in [2.24, 2.45) is 0 Å². The lowest BCUT2D eigenvalue weighted by Crippen LogP contribution is -2.47. The van der Waals surface area contributed by atoms with Crippen LogP contribution in [0.25, 0.3) is 0 Å². The number of carbonyl (C=O) groups is 1. The van der Waals surface area contributed by atoms with E-state index < -0.39 is 0 Å². The van der Waals surface area contributed by atoms with Crippen LogP contribution in [0.1, 0.15) is 46.8 Å². The van der Waals surface area contributed by atoms with Crippen molar-refractivity contribution < 1.29 is 15.0 Å². The van der Waals surface area contributed by atoms with E-state index in [9.17, 15) is 15.0 Å². The smallest absolute Gasteiger partial charge is 0.254 e. The summed E-state index contributed by atoms with van der Waals surface area (Å²) in [6, 6.07) is 11.0.